The van der Waals surface area contributed by atoms with Gasteiger partial charge in [-0.2, -0.15) is 0 Å². The Morgan fingerprint density at radius 3 is 2.76 bits per heavy atom. The molecule has 0 fully saturated rings. The number of carbonyl (C=O) groups excluding carboxylic acids is 1. The monoisotopic (exact) mass is 306 g/mol. The molecule has 0 radical (unpaired) electrons. The van der Waals surface area contributed by atoms with Crippen LogP contribution >= 0.6 is 11.6 Å². The zero-order valence-corrected chi connectivity index (χ0v) is 12.2. The smallest absolute Gasteiger partial charge is 0.335 e. The molecule has 0 spiro atoms. The van der Waals surface area contributed by atoms with Crippen LogP contribution in [0, 0.1) is 0 Å². The molecule has 0 atom stereocenters. The van der Waals surface area contributed by atoms with Crippen molar-refractivity contribution in [3.63, 3.8) is 0 Å². The largest absolute Gasteiger partial charge is 0.478 e. The molecule has 1 aromatic carbocycles. The summed E-state index contributed by atoms with van der Waals surface area (Å²) >= 11 is 5.94. The number of halogens is 1. The van der Waals surface area contributed by atoms with Gasteiger partial charge in [0.1, 0.15) is 5.69 Å². The fraction of sp³-hybridized carbons (Fsp3) is 0.200. The van der Waals surface area contributed by atoms with E-state index in [1.807, 2.05) is 6.92 Å². The second-order valence-electron chi connectivity index (χ2n) is 4.58. The van der Waals surface area contributed by atoms with E-state index < -0.39 is 5.97 Å². The first kappa shape index (κ1) is 15.1. The maximum Gasteiger partial charge on any atom is 0.335 e. The number of carbonyl (C=O) groups is 2. The van der Waals surface area contributed by atoms with Gasteiger partial charge in [-0.15, -0.1) is 0 Å². The van der Waals surface area contributed by atoms with E-state index in [9.17, 15) is 9.59 Å². The number of anilines is 1. The molecule has 0 aliphatic heterocycles. The number of aryl methyl sites for hydroxylation is 1. The Morgan fingerprint density at radius 2 is 2.10 bits per heavy atom. The number of amides is 1. The van der Waals surface area contributed by atoms with Crippen LogP contribution < -0.4 is 5.32 Å². The van der Waals surface area contributed by atoms with Crippen molar-refractivity contribution in [2.45, 2.75) is 19.9 Å². The Hall–Kier alpha value is -2.27. The van der Waals surface area contributed by atoms with Gasteiger partial charge in [0.25, 0.3) is 5.91 Å². The molecule has 0 aliphatic carbocycles. The first-order chi connectivity index (χ1) is 10.0. The highest BCUT2D eigenvalue weighted by Crippen LogP contribution is 2.17. The lowest BCUT2D eigenvalue weighted by Crippen LogP contribution is -2.17. The van der Waals surface area contributed by atoms with Crippen molar-refractivity contribution < 1.29 is 14.7 Å². The van der Waals surface area contributed by atoms with Gasteiger partial charge < -0.3 is 15.0 Å². The topological polar surface area (TPSA) is 71.3 Å². The molecule has 110 valence electrons. The summed E-state index contributed by atoms with van der Waals surface area (Å²) < 4.78 is 1.78. The van der Waals surface area contributed by atoms with Gasteiger partial charge in [-0.05, 0) is 30.7 Å². The van der Waals surface area contributed by atoms with Crippen LogP contribution in [0.25, 0.3) is 0 Å². The van der Waals surface area contributed by atoms with Crippen molar-refractivity contribution in [2.24, 2.45) is 0 Å². The maximum absolute atomic E-state index is 12.3. The number of nitrogens with zero attached hydrogens (tertiary/aromatic N) is 1. The molecule has 6 heteroatoms. The molecule has 1 heterocycles. The zero-order chi connectivity index (χ0) is 15.4. The predicted octanol–water partition coefficient (Wildman–Crippen LogP) is 3.50. The highest BCUT2D eigenvalue weighted by molar-refractivity contribution is 6.31. The Balaban J connectivity index is 2.22. The van der Waals surface area contributed by atoms with E-state index in [1.165, 1.54) is 12.1 Å². The molecule has 0 bridgehead atoms. The van der Waals surface area contributed by atoms with Gasteiger partial charge in [-0.1, -0.05) is 24.6 Å². The Bertz CT molecular complexity index is 679. The molecule has 2 rings (SSSR count). The van der Waals surface area contributed by atoms with E-state index in [2.05, 4.69) is 5.32 Å². The predicted molar refractivity (Wildman–Crippen MR) is 81.1 cm³/mol. The van der Waals surface area contributed by atoms with Crippen molar-refractivity contribution in [3.8, 4) is 0 Å². The van der Waals surface area contributed by atoms with Gasteiger partial charge in [0.15, 0.2) is 0 Å². The molecular formula is C15H15ClN2O3. The summed E-state index contributed by atoms with van der Waals surface area (Å²) in [6.07, 6.45) is 2.58. The average molecular weight is 307 g/mol. The molecule has 1 aromatic heterocycles. The minimum absolute atomic E-state index is 0.120. The molecule has 21 heavy (non-hydrogen) atoms. The van der Waals surface area contributed by atoms with Gasteiger partial charge in [0, 0.05) is 18.4 Å². The lowest BCUT2D eigenvalue weighted by atomic mass is 10.2. The Kier molecular flexibility index (Phi) is 4.65. The minimum atomic E-state index is -1.04. The summed E-state index contributed by atoms with van der Waals surface area (Å²) in [5.74, 6) is -1.36. The first-order valence-corrected chi connectivity index (χ1v) is 6.89. The van der Waals surface area contributed by atoms with Crippen molar-refractivity contribution in [1.82, 2.24) is 4.57 Å². The lowest BCUT2D eigenvalue weighted by molar-refractivity contribution is 0.0696. The average Bonchev–Trinajstić information content (AvgIpc) is 2.80. The van der Waals surface area contributed by atoms with Gasteiger partial charge in [-0.25, -0.2) is 4.79 Å². The van der Waals surface area contributed by atoms with Crippen LogP contribution in [0.4, 0.5) is 5.69 Å². The fourth-order valence-electron chi connectivity index (χ4n) is 2.02. The molecule has 0 saturated heterocycles. The molecule has 5 nitrogen and oxygen atoms in total. The number of aromatic nitrogens is 1. The number of hydrogen-bond donors (Lipinski definition) is 2. The first-order valence-electron chi connectivity index (χ1n) is 6.51. The van der Waals surface area contributed by atoms with Gasteiger partial charge in [0.05, 0.1) is 10.6 Å². The quantitative estimate of drug-likeness (QED) is 0.888. The number of carboxylic acid groups (broad SMARTS) is 1. The lowest BCUT2D eigenvalue weighted by Gasteiger charge is -2.09. The number of benzene rings is 1. The summed E-state index contributed by atoms with van der Waals surface area (Å²) in [6.45, 7) is 2.69. The third-order valence-electron chi connectivity index (χ3n) is 2.93. The van der Waals surface area contributed by atoms with Crippen molar-refractivity contribution in [2.75, 3.05) is 5.32 Å². The molecule has 0 aliphatic rings. The van der Waals surface area contributed by atoms with Crippen LogP contribution in [0.3, 0.4) is 0 Å². The third kappa shape index (κ3) is 3.64. The van der Waals surface area contributed by atoms with Crippen LogP contribution in [0.15, 0.2) is 36.5 Å². The minimum Gasteiger partial charge on any atom is -0.478 e. The summed E-state index contributed by atoms with van der Waals surface area (Å²) in [5, 5.41) is 12.1. The molecule has 2 aromatic rings. The van der Waals surface area contributed by atoms with Crippen LogP contribution in [0.2, 0.25) is 5.02 Å². The second-order valence-corrected chi connectivity index (χ2v) is 5.01. The van der Waals surface area contributed by atoms with E-state index in [4.69, 9.17) is 16.7 Å². The molecule has 1 amide bonds. The number of hydrogen-bond acceptors (Lipinski definition) is 2. The molecule has 0 saturated carbocycles. The highest BCUT2D eigenvalue weighted by Gasteiger charge is 2.13. The Morgan fingerprint density at radius 1 is 1.33 bits per heavy atom. The van der Waals surface area contributed by atoms with E-state index in [0.29, 0.717) is 22.9 Å². The number of carboxylic acids is 1. The molecule has 0 unspecified atom stereocenters. The SMILES string of the molecule is CCCn1cc(Cl)cc1C(=O)Nc1cccc(C(=O)O)c1. The van der Waals surface area contributed by atoms with E-state index in [-0.39, 0.29) is 11.5 Å². The fourth-order valence-corrected chi connectivity index (χ4v) is 2.24. The van der Waals surface area contributed by atoms with E-state index >= 15 is 0 Å². The van der Waals surface area contributed by atoms with Crippen molar-refractivity contribution in [3.05, 3.63) is 52.8 Å². The Labute approximate surface area is 127 Å². The van der Waals surface area contributed by atoms with Crippen LogP contribution in [-0.4, -0.2) is 21.6 Å². The molecular weight excluding hydrogens is 292 g/mol. The van der Waals surface area contributed by atoms with Crippen molar-refractivity contribution in [1.29, 1.82) is 0 Å². The van der Waals surface area contributed by atoms with E-state index in [1.54, 1.807) is 29.0 Å². The number of aromatic carboxylic acids is 1. The zero-order valence-electron chi connectivity index (χ0n) is 11.5. The van der Waals surface area contributed by atoms with Gasteiger partial charge >= 0.3 is 5.97 Å². The number of nitrogens with one attached hydrogen (secondary N) is 1. The normalized spacial score (nSPS) is 10.4. The maximum atomic E-state index is 12.3. The van der Waals surface area contributed by atoms with Gasteiger partial charge in [-0.3, -0.25) is 4.79 Å². The number of rotatable bonds is 5. The van der Waals surface area contributed by atoms with Crippen LogP contribution in [0.1, 0.15) is 34.2 Å². The summed E-state index contributed by atoms with van der Waals surface area (Å²) in [7, 11) is 0. The summed E-state index contributed by atoms with van der Waals surface area (Å²) in [4.78, 5) is 23.2. The van der Waals surface area contributed by atoms with Crippen LogP contribution in [-0.2, 0) is 6.54 Å². The van der Waals surface area contributed by atoms with Crippen molar-refractivity contribution >= 4 is 29.2 Å². The molecule has 2 N–H and O–H groups in total. The van der Waals surface area contributed by atoms with Gasteiger partial charge in [0.2, 0.25) is 0 Å². The summed E-state index contributed by atoms with van der Waals surface area (Å²) in [5.41, 5.74) is 0.998. The highest BCUT2D eigenvalue weighted by atomic mass is 35.5. The second kappa shape index (κ2) is 6.45. The standard InChI is InChI=1S/C15H15ClN2O3/c1-2-6-18-9-11(16)8-13(18)14(19)17-12-5-3-4-10(7-12)15(20)21/h3-5,7-9H,2,6H2,1H3,(H,17,19)(H,20,21). The summed E-state index contributed by atoms with van der Waals surface area (Å²) in [6, 6.07) is 7.69. The van der Waals surface area contributed by atoms with Crippen LogP contribution in [0.5, 0.6) is 0 Å². The van der Waals surface area contributed by atoms with E-state index in [0.717, 1.165) is 6.42 Å². The third-order valence-corrected chi connectivity index (χ3v) is 3.13.